The minimum atomic E-state index is -0.116. The lowest BCUT2D eigenvalue weighted by Gasteiger charge is -2.36. The lowest BCUT2D eigenvalue weighted by atomic mass is 10.2. The molecule has 29 heavy (non-hydrogen) atoms. The van der Waals surface area contributed by atoms with E-state index in [4.69, 9.17) is 9.47 Å². The Balaban J connectivity index is 1.47. The molecule has 6 nitrogen and oxygen atoms in total. The smallest absolute Gasteiger partial charge is 0.251 e. The maximum atomic E-state index is 12.6. The molecule has 0 aliphatic carbocycles. The van der Waals surface area contributed by atoms with Gasteiger partial charge in [-0.1, -0.05) is 18.2 Å². The quantitative estimate of drug-likeness (QED) is 0.652. The maximum Gasteiger partial charge on any atom is 0.251 e. The van der Waals surface area contributed by atoms with Gasteiger partial charge in [0.15, 0.2) is 11.5 Å². The summed E-state index contributed by atoms with van der Waals surface area (Å²) in [6.45, 7) is 7.87. The Morgan fingerprint density at radius 2 is 1.86 bits per heavy atom. The van der Waals surface area contributed by atoms with E-state index in [1.54, 1.807) is 19.2 Å². The first kappa shape index (κ1) is 21.5. The Hall–Kier alpha value is -2.25. The van der Waals surface area contributed by atoms with Gasteiger partial charge in [-0.2, -0.15) is 0 Å². The van der Waals surface area contributed by atoms with Crippen LogP contribution in [0.4, 0.5) is 5.69 Å². The molecule has 1 amide bonds. The molecule has 1 N–H and O–H groups in total. The first-order valence-electron chi connectivity index (χ1n) is 9.93. The fraction of sp³-hybridized carbons (Fsp3) is 0.409. The number of carbonyl (C=O) groups excluding carboxylic acids is 1. The van der Waals surface area contributed by atoms with E-state index >= 15 is 0 Å². The standard InChI is InChI=1S/C22H28BrN3O3/c1-3-29-21-19(23)15-17(16-20(21)28-2)22(27)24-9-10-25-11-13-26(14-12-25)18-7-5-4-6-8-18/h4-8,15-16H,3,9-14H2,1-2H3,(H,24,27). The van der Waals surface area contributed by atoms with E-state index in [1.807, 2.05) is 13.0 Å². The van der Waals surface area contributed by atoms with Crippen LogP contribution in [0.1, 0.15) is 17.3 Å². The Kier molecular flexibility index (Phi) is 7.77. The molecule has 1 saturated heterocycles. The summed E-state index contributed by atoms with van der Waals surface area (Å²) in [7, 11) is 1.57. The van der Waals surface area contributed by atoms with Crippen LogP contribution in [0.3, 0.4) is 0 Å². The number of hydrogen-bond acceptors (Lipinski definition) is 5. The SMILES string of the molecule is CCOc1c(Br)cc(C(=O)NCCN2CCN(c3ccccc3)CC2)cc1OC. The van der Waals surface area contributed by atoms with Crippen LogP contribution in [0.25, 0.3) is 0 Å². The van der Waals surface area contributed by atoms with Gasteiger partial charge in [0.05, 0.1) is 18.2 Å². The van der Waals surface area contributed by atoms with Crippen molar-refractivity contribution < 1.29 is 14.3 Å². The summed E-state index contributed by atoms with van der Waals surface area (Å²) in [4.78, 5) is 17.3. The molecule has 2 aromatic carbocycles. The van der Waals surface area contributed by atoms with Gasteiger partial charge in [0.1, 0.15) is 0 Å². The highest BCUT2D eigenvalue weighted by molar-refractivity contribution is 9.10. The van der Waals surface area contributed by atoms with Gasteiger partial charge in [-0.15, -0.1) is 0 Å². The average Bonchev–Trinajstić information content (AvgIpc) is 2.76. The van der Waals surface area contributed by atoms with Crippen molar-refractivity contribution in [2.24, 2.45) is 0 Å². The van der Waals surface area contributed by atoms with Gasteiger partial charge in [0.25, 0.3) is 5.91 Å². The van der Waals surface area contributed by atoms with Crippen LogP contribution in [-0.4, -0.2) is 63.8 Å². The largest absolute Gasteiger partial charge is 0.493 e. The fourth-order valence-electron chi connectivity index (χ4n) is 3.43. The van der Waals surface area contributed by atoms with Crippen molar-refractivity contribution in [3.05, 3.63) is 52.5 Å². The van der Waals surface area contributed by atoms with E-state index in [0.29, 0.717) is 34.7 Å². The van der Waals surface area contributed by atoms with Gasteiger partial charge in [0.2, 0.25) is 0 Å². The molecule has 7 heteroatoms. The Labute approximate surface area is 180 Å². The van der Waals surface area contributed by atoms with Crippen LogP contribution in [0.5, 0.6) is 11.5 Å². The minimum absolute atomic E-state index is 0.116. The zero-order valence-corrected chi connectivity index (χ0v) is 18.6. The van der Waals surface area contributed by atoms with Crippen molar-refractivity contribution in [3.63, 3.8) is 0 Å². The molecular formula is C22H28BrN3O3. The highest BCUT2D eigenvalue weighted by atomic mass is 79.9. The molecule has 1 aliphatic heterocycles. The number of para-hydroxylation sites is 1. The monoisotopic (exact) mass is 461 g/mol. The molecule has 0 spiro atoms. The third-order valence-corrected chi connectivity index (χ3v) is 5.58. The molecule has 1 fully saturated rings. The van der Waals surface area contributed by atoms with Crippen LogP contribution in [0, 0.1) is 0 Å². The summed E-state index contributed by atoms with van der Waals surface area (Å²) in [5.41, 5.74) is 1.82. The number of nitrogens with one attached hydrogen (secondary N) is 1. The summed E-state index contributed by atoms with van der Waals surface area (Å²) in [5, 5.41) is 3.01. The van der Waals surface area contributed by atoms with E-state index in [9.17, 15) is 4.79 Å². The van der Waals surface area contributed by atoms with Gasteiger partial charge in [-0.05, 0) is 47.1 Å². The van der Waals surface area contributed by atoms with E-state index in [0.717, 1.165) is 32.7 Å². The fourth-order valence-corrected chi connectivity index (χ4v) is 3.99. The second-order valence-electron chi connectivity index (χ2n) is 6.84. The number of methoxy groups -OCH3 is 1. The highest BCUT2D eigenvalue weighted by Crippen LogP contribution is 2.36. The van der Waals surface area contributed by atoms with Crippen LogP contribution in [0.15, 0.2) is 46.9 Å². The summed E-state index contributed by atoms with van der Waals surface area (Å²) in [5.74, 6) is 1.04. The van der Waals surface area contributed by atoms with Crippen molar-refractivity contribution >= 4 is 27.5 Å². The Bertz CT molecular complexity index is 808. The molecule has 0 bridgehead atoms. The predicted molar refractivity (Wildman–Crippen MR) is 119 cm³/mol. The molecule has 156 valence electrons. The third-order valence-electron chi connectivity index (χ3n) is 4.99. The van der Waals surface area contributed by atoms with Crippen LogP contribution >= 0.6 is 15.9 Å². The van der Waals surface area contributed by atoms with E-state index in [1.165, 1.54) is 5.69 Å². The van der Waals surface area contributed by atoms with E-state index in [2.05, 4.69) is 55.3 Å². The van der Waals surface area contributed by atoms with Gasteiger partial charge in [-0.3, -0.25) is 9.69 Å². The Morgan fingerprint density at radius 3 is 2.52 bits per heavy atom. The number of halogens is 1. The molecule has 1 heterocycles. The van der Waals surface area contributed by atoms with Gasteiger partial charge >= 0.3 is 0 Å². The first-order chi connectivity index (χ1) is 14.1. The molecule has 3 rings (SSSR count). The zero-order chi connectivity index (χ0) is 20.6. The summed E-state index contributed by atoms with van der Waals surface area (Å²) < 4.78 is 11.7. The van der Waals surface area contributed by atoms with E-state index < -0.39 is 0 Å². The first-order valence-corrected chi connectivity index (χ1v) is 10.7. The Morgan fingerprint density at radius 1 is 1.14 bits per heavy atom. The van der Waals surface area contributed by atoms with Crippen molar-refractivity contribution in [2.75, 3.05) is 57.9 Å². The van der Waals surface area contributed by atoms with Crippen LogP contribution in [0.2, 0.25) is 0 Å². The molecule has 0 aromatic heterocycles. The predicted octanol–water partition coefficient (Wildman–Crippen LogP) is 3.41. The molecule has 0 saturated carbocycles. The third kappa shape index (κ3) is 5.64. The maximum absolute atomic E-state index is 12.6. The van der Waals surface area contributed by atoms with Crippen molar-refractivity contribution in [2.45, 2.75) is 6.92 Å². The molecule has 0 radical (unpaired) electrons. The second-order valence-corrected chi connectivity index (χ2v) is 7.70. The van der Waals surface area contributed by atoms with Crippen molar-refractivity contribution in [1.29, 1.82) is 0 Å². The molecule has 2 aromatic rings. The van der Waals surface area contributed by atoms with E-state index in [-0.39, 0.29) is 5.91 Å². The molecular weight excluding hydrogens is 434 g/mol. The second kappa shape index (κ2) is 10.5. The zero-order valence-electron chi connectivity index (χ0n) is 17.0. The summed E-state index contributed by atoms with van der Waals surface area (Å²) in [6, 6.07) is 14.0. The van der Waals surface area contributed by atoms with Gasteiger partial charge in [0, 0.05) is 50.5 Å². The number of rotatable bonds is 8. The van der Waals surface area contributed by atoms with Crippen molar-refractivity contribution in [3.8, 4) is 11.5 Å². The number of nitrogens with zero attached hydrogens (tertiary/aromatic N) is 2. The molecule has 0 atom stereocenters. The topological polar surface area (TPSA) is 54.0 Å². The highest BCUT2D eigenvalue weighted by Gasteiger charge is 2.18. The van der Waals surface area contributed by atoms with Gasteiger partial charge in [-0.25, -0.2) is 0 Å². The molecule has 1 aliphatic rings. The number of benzene rings is 2. The average molecular weight is 462 g/mol. The number of piperazine rings is 1. The number of anilines is 1. The number of carbonyl (C=O) groups is 1. The van der Waals surface area contributed by atoms with Gasteiger partial charge < -0.3 is 19.7 Å². The summed E-state index contributed by atoms with van der Waals surface area (Å²) in [6.07, 6.45) is 0. The lowest BCUT2D eigenvalue weighted by molar-refractivity contribution is 0.0947. The number of hydrogen-bond donors (Lipinski definition) is 1. The lowest BCUT2D eigenvalue weighted by Crippen LogP contribution is -2.48. The number of amides is 1. The minimum Gasteiger partial charge on any atom is -0.493 e. The normalized spacial score (nSPS) is 14.5. The summed E-state index contributed by atoms with van der Waals surface area (Å²) >= 11 is 3.47. The van der Waals surface area contributed by atoms with Crippen LogP contribution in [-0.2, 0) is 0 Å². The van der Waals surface area contributed by atoms with Crippen LogP contribution < -0.4 is 19.7 Å². The number of ether oxygens (including phenoxy) is 2. The van der Waals surface area contributed by atoms with Crippen molar-refractivity contribution in [1.82, 2.24) is 10.2 Å². The molecule has 0 unspecified atom stereocenters.